The maximum absolute atomic E-state index is 12.3. The number of amides is 1. The van der Waals surface area contributed by atoms with Gasteiger partial charge in [-0.15, -0.1) is 0 Å². The van der Waals surface area contributed by atoms with Crippen molar-refractivity contribution in [3.8, 4) is 0 Å². The minimum atomic E-state index is -1.00. The molecule has 110 valence electrons. The molecule has 1 amide bonds. The zero-order chi connectivity index (χ0) is 14.3. The van der Waals surface area contributed by atoms with Gasteiger partial charge >= 0.3 is 5.97 Å². The van der Waals surface area contributed by atoms with E-state index in [1.165, 1.54) is 0 Å². The van der Waals surface area contributed by atoms with Crippen molar-refractivity contribution in [2.45, 2.75) is 44.6 Å². The van der Waals surface area contributed by atoms with E-state index in [0.717, 1.165) is 25.7 Å². The highest BCUT2D eigenvalue weighted by Gasteiger charge is 2.41. The zero-order valence-electron chi connectivity index (χ0n) is 11.5. The molecule has 0 bridgehead atoms. The Morgan fingerprint density at radius 2 is 2.05 bits per heavy atom. The summed E-state index contributed by atoms with van der Waals surface area (Å²) in [7, 11) is 1.57. The van der Waals surface area contributed by atoms with E-state index in [1.807, 2.05) is 0 Å². The minimum Gasteiger partial charge on any atom is -0.480 e. The Hall–Kier alpha value is -1.14. The number of carboxylic acids is 1. The third kappa shape index (κ3) is 4.18. The van der Waals surface area contributed by atoms with Crippen LogP contribution in [0, 0.1) is 5.41 Å². The lowest BCUT2D eigenvalue weighted by molar-refractivity contribution is -0.144. The summed E-state index contributed by atoms with van der Waals surface area (Å²) in [5.74, 6) is -1.22. The summed E-state index contributed by atoms with van der Waals surface area (Å²) >= 11 is 0. The van der Waals surface area contributed by atoms with Crippen molar-refractivity contribution >= 4 is 11.9 Å². The van der Waals surface area contributed by atoms with E-state index in [2.05, 4.69) is 5.32 Å². The Morgan fingerprint density at radius 1 is 1.42 bits per heavy atom. The van der Waals surface area contributed by atoms with Crippen molar-refractivity contribution in [3.63, 3.8) is 0 Å². The first-order valence-electron chi connectivity index (χ1n) is 6.78. The molecule has 0 spiro atoms. The van der Waals surface area contributed by atoms with Gasteiger partial charge in [0.05, 0.1) is 5.41 Å². The summed E-state index contributed by atoms with van der Waals surface area (Å²) in [6.07, 6.45) is 4.43. The third-order valence-corrected chi connectivity index (χ3v) is 3.88. The summed E-state index contributed by atoms with van der Waals surface area (Å²) in [6.45, 7) is 0.769. The van der Waals surface area contributed by atoms with Gasteiger partial charge < -0.3 is 20.9 Å². The van der Waals surface area contributed by atoms with Crippen LogP contribution in [0.25, 0.3) is 0 Å². The maximum Gasteiger partial charge on any atom is 0.326 e. The lowest BCUT2D eigenvalue weighted by Gasteiger charge is -2.27. The fraction of sp³-hybridized carbons (Fsp3) is 0.846. The van der Waals surface area contributed by atoms with Crippen LogP contribution < -0.4 is 11.1 Å². The highest BCUT2D eigenvalue weighted by Crippen LogP contribution is 2.37. The summed E-state index contributed by atoms with van der Waals surface area (Å²) in [5, 5.41) is 11.8. The molecule has 6 heteroatoms. The van der Waals surface area contributed by atoms with E-state index in [0.29, 0.717) is 19.4 Å². The van der Waals surface area contributed by atoms with Gasteiger partial charge in [-0.1, -0.05) is 12.8 Å². The van der Waals surface area contributed by atoms with Crippen LogP contribution in [0.4, 0.5) is 0 Å². The summed E-state index contributed by atoms with van der Waals surface area (Å²) in [5.41, 5.74) is 5.15. The van der Waals surface area contributed by atoms with Crippen molar-refractivity contribution in [3.05, 3.63) is 0 Å². The molecule has 0 aliphatic heterocycles. The molecule has 1 rings (SSSR count). The Labute approximate surface area is 113 Å². The van der Waals surface area contributed by atoms with Crippen LogP contribution in [0.5, 0.6) is 0 Å². The molecule has 1 atom stereocenters. The molecule has 0 radical (unpaired) electrons. The number of carbonyl (C=O) groups excluding carboxylic acids is 1. The van der Waals surface area contributed by atoms with Gasteiger partial charge in [0.1, 0.15) is 6.04 Å². The van der Waals surface area contributed by atoms with Crippen LogP contribution in [0.15, 0.2) is 0 Å². The lowest BCUT2D eigenvalue weighted by Crippen LogP contribution is -2.50. The second-order valence-electron chi connectivity index (χ2n) is 5.19. The molecule has 0 aromatic heterocycles. The number of ether oxygens (including phenoxy) is 1. The Morgan fingerprint density at radius 3 is 2.53 bits per heavy atom. The van der Waals surface area contributed by atoms with Gasteiger partial charge in [0.2, 0.25) is 5.91 Å². The van der Waals surface area contributed by atoms with Crippen LogP contribution in [-0.2, 0) is 14.3 Å². The topological polar surface area (TPSA) is 102 Å². The lowest BCUT2D eigenvalue weighted by atomic mass is 9.85. The molecule has 0 aromatic rings. The first-order valence-corrected chi connectivity index (χ1v) is 6.78. The number of carbonyl (C=O) groups is 2. The zero-order valence-corrected chi connectivity index (χ0v) is 11.5. The molecule has 19 heavy (non-hydrogen) atoms. The molecule has 0 aromatic carbocycles. The predicted molar refractivity (Wildman–Crippen MR) is 70.6 cm³/mol. The number of hydrogen-bond acceptors (Lipinski definition) is 4. The number of rotatable bonds is 8. The van der Waals surface area contributed by atoms with Crippen molar-refractivity contribution in [2.75, 3.05) is 20.3 Å². The molecule has 0 heterocycles. The van der Waals surface area contributed by atoms with Crippen molar-refractivity contribution in [1.29, 1.82) is 0 Å². The van der Waals surface area contributed by atoms with Crippen LogP contribution in [0.2, 0.25) is 0 Å². The SMILES string of the molecule is COCCCC(NC(=O)C1(CN)CCCC1)C(=O)O. The number of nitrogens with one attached hydrogen (secondary N) is 1. The van der Waals surface area contributed by atoms with Gasteiger partial charge in [-0.2, -0.15) is 0 Å². The molecule has 1 fully saturated rings. The maximum atomic E-state index is 12.3. The fourth-order valence-corrected chi connectivity index (χ4v) is 2.58. The standard InChI is InChI=1S/C13H24N2O4/c1-19-8-4-5-10(11(16)17)15-12(18)13(9-14)6-2-3-7-13/h10H,2-9,14H2,1H3,(H,15,18)(H,16,17). The average Bonchev–Trinajstić information content (AvgIpc) is 2.87. The molecular weight excluding hydrogens is 248 g/mol. The molecular formula is C13H24N2O4. The third-order valence-electron chi connectivity index (χ3n) is 3.88. The predicted octanol–water partition coefficient (Wildman–Crippen LogP) is 0.502. The normalized spacial score (nSPS) is 19.1. The van der Waals surface area contributed by atoms with E-state index < -0.39 is 17.4 Å². The van der Waals surface area contributed by atoms with E-state index in [1.54, 1.807) is 7.11 Å². The van der Waals surface area contributed by atoms with Gasteiger partial charge in [0, 0.05) is 20.3 Å². The van der Waals surface area contributed by atoms with Crippen molar-refractivity contribution < 1.29 is 19.4 Å². The first-order chi connectivity index (χ1) is 9.05. The molecule has 6 nitrogen and oxygen atoms in total. The van der Waals surface area contributed by atoms with Crippen molar-refractivity contribution in [1.82, 2.24) is 5.32 Å². The smallest absolute Gasteiger partial charge is 0.326 e. The molecule has 0 saturated heterocycles. The summed E-state index contributed by atoms with van der Waals surface area (Å²) in [6, 6.07) is -0.855. The van der Waals surface area contributed by atoms with Crippen LogP contribution >= 0.6 is 0 Å². The number of nitrogens with two attached hydrogens (primary N) is 1. The van der Waals surface area contributed by atoms with Gasteiger partial charge in [0.15, 0.2) is 0 Å². The summed E-state index contributed by atoms with van der Waals surface area (Å²) in [4.78, 5) is 23.4. The van der Waals surface area contributed by atoms with Gasteiger partial charge in [-0.25, -0.2) is 4.79 Å². The molecule has 1 aliphatic carbocycles. The van der Waals surface area contributed by atoms with Crippen LogP contribution in [0.1, 0.15) is 38.5 Å². The molecule has 4 N–H and O–H groups in total. The quantitative estimate of drug-likeness (QED) is 0.558. The van der Waals surface area contributed by atoms with Crippen LogP contribution in [-0.4, -0.2) is 43.3 Å². The largest absolute Gasteiger partial charge is 0.480 e. The van der Waals surface area contributed by atoms with Gasteiger partial charge in [-0.05, 0) is 25.7 Å². The fourth-order valence-electron chi connectivity index (χ4n) is 2.58. The molecule has 1 saturated carbocycles. The van der Waals surface area contributed by atoms with E-state index in [9.17, 15) is 9.59 Å². The number of carboxylic acid groups (broad SMARTS) is 1. The van der Waals surface area contributed by atoms with Crippen molar-refractivity contribution in [2.24, 2.45) is 11.1 Å². The number of aliphatic carboxylic acids is 1. The Balaban J connectivity index is 2.57. The van der Waals surface area contributed by atoms with E-state index >= 15 is 0 Å². The minimum absolute atomic E-state index is 0.211. The average molecular weight is 272 g/mol. The monoisotopic (exact) mass is 272 g/mol. The van der Waals surface area contributed by atoms with Gasteiger partial charge in [-0.3, -0.25) is 4.79 Å². The highest BCUT2D eigenvalue weighted by atomic mass is 16.5. The molecule has 1 aliphatic rings. The number of methoxy groups -OCH3 is 1. The second kappa shape index (κ2) is 7.45. The highest BCUT2D eigenvalue weighted by molar-refractivity contribution is 5.87. The number of hydrogen-bond donors (Lipinski definition) is 3. The van der Waals surface area contributed by atoms with Gasteiger partial charge in [0.25, 0.3) is 0 Å². The summed E-state index contributed by atoms with van der Waals surface area (Å²) < 4.78 is 4.89. The van der Waals surface area contributed by atoms with E-state index in [4.69, 9.17) is 15.6 Å². The van der Waals surface area contributed by atoms with Crippen LogP contribution in [0.3, 0.4) is 0 Å². The Bertz CT molecular complexity index is 314. The Kier molecular flexibility index (Phi) is 6.24. The first kappa shape index (κ1) is 15.9. The van der Waals surface area contributed by atoms with E-state index in [-0.39, 0.29) is 12.5 Å². The second-order valence-corrected chi connectivity index (χ2v) is 5.19. The molecule has 1 unspecified atom stereocenters.